The molecule has 8 N–H and O–H groups in total. The molecule has 1 fully saturated rings. The SMILES string of the molecule is NC(=O)CC[C@H](NC(=O)[C@@H]1Cc2cccc3c2N1C(=O)[C@@H](NC(=O)c1cc2cc(C(F)(F)P(=O)(O)O)ccc2n1C(=O)CCCCCCCCOc1cccc2c1CN(C1CCC(=O)NC1=O)C2=O)CC3)C(=O)NC(c1ccccc1)c1ccccc1. The van der Waals surface area contributed by atoms with E-state index in [1.54, 1.807) is 36.4 Å². The van der Waals surface area contributed by atoms with Gasteiger partial charge in [-0.3, -0.25) is 62.5 Å². The van der Waals surface area contributed by atoms with Crippen molar-refractivity contribution >= 4 is 77.4 Å². The van der Waals surface area contributed by atoms with E-state index in [9.17, 15) is 57.5 Å². The van der Waals surface area contributed by atoms with Crippen molar-refractivity contribution in [3.8, 4) is 5.75 Å². The third kappa shape index (κ3) is 13.1. The molecule has 0 saturated carbocycles. The molecule has 5 aromatic carbocycles. The minimum atomic E-state index is -6.03. The summed E-state index contributed by atoms with van der Waals surface area (Å²) < 4.78 is 49.4. The van der Waals surface area contributed by atoms with Gasteiger partial charge in [0.25, 0.3) is 11.8 Å². The Morgan fingerprint density at radius 1 is 0.770 bits per heavy atom. The number of amides is 8. The quantitative estimate of drug-likeness (QED) is 0.0188. The van der Waals surface area contributed by atoms with Gasteiger partial charge >= 0.3 is 13.3 Å². The number of carbonyl (C=O) groups excluding carboxylic acids is 9. The largest absolute Gasteiger partial charge is 0.493 e. The second-order valence-electron chi connectivity index (χ2n) is 22.3. The van der Waals surface area contributed by atoms with E-state index in [0.717, 1.165) is 52.8 Å². The Morgan fingerprint density at radius 3 is 2.14 bits per heavy atom. The van der Waals surface area contributed by atoms with Gasteiger partial charge in [-0.2, -0.15) is 8.78 Å². The van der Waals surface area contributed by atoms with Gasteiger partial charge in [0.2, 0.25) is 41.4 Å². The van der Waals surface area contributed by atoms with Crippen LogP contribution in [0, 0.1) is 0 Å². The van der Waals surface area contributed by atoms with Crippen molar-refractivity contribution in [2.24, 2.45) is 5.73 Å². The van der Waals surface area contributed by atoms with Crippen LogP contribution in [-0.2, 0) is 58.4 Å². The first-order chi connectivity index (χ1) is 41.7. The van der Waals surface area contributed by atoms with E-state index in [1.165, 1.54) is 9.80 Å². The number of rotatable bonds is 24. The number of halogens is 2. The predicted molar refractivity (Wildman–Crippen MR) is 313 cm³/mol. The molecule has 1 unspecified atom stereocenters. The number of primary amides is 1. The first-order valence-electron chi connectivity index (χ1n) is 29.0. The first kappa shape index (κ1) is 61.2. The number of benzene rings is 5. The molecule has 5 heterocycles. The number of alkyl halides is 2. The second-order valence-corrected chi connectivity index (χ2v) is 23.9. The Labute approximate surface area is 498 Å². The number of aryl methyl sites for hydroxylation is 1. The number of unbranched alkanes of at least 4 members (excludes halogenated alkanes) is 5. The molecule has 87 heavy (non-hydrogen) atoms. The van der Waals surface area contributed by atoms with Gasteiger partial charge in [-0.15, -0.1) is 0 Å². The van der Waals surface area contributed by atoms with E-state index >= 15 is 8.78 Å². The Bertz CT molecular complexity index is 3710. The summed E-state index contributed by atoms with van der Waals surface area (Å²) in [4.78, 5) is 144. The topological polar surface area (TPSA) is 306 Å². The molecular formula is C63H65F2N8O13P. The Morgan fingerprint density at radius 2 is 1.45 bits per heavy atom. The fraction of sp³-hybridized carbons (Fsp3) is 0.349. The molecule has 10 rings (SSSR count). The molecule has 0 spiro atoms. The number of imide groups is 1. The highest BCUT2D eigenvalue weighted by Crippen LogP contribution is 2.59. The highest BCUT2D eigenvalue weighted by molar-refractivity contribution is 7.52. The molecule has 1 saturated heterocycles. The van der Waals surface area contributed by atoms with Crippen molar-refractivity contribution in [3.63, 3.8) is 0 Å². The molecule has 4 aliphatic rings. The van der Waals surface area contributed by atoms with Crippen molar-refractivity contribution in [2.75, 3.05) is 11.5 Å². The second kappa shape index (κ2) is 26.0. The molecule has 21 nitrogen and oxygen atoms in total. The first-order valence-corrected chi connectivity index (χ1v) is 30.6. The van der Waals surface area contributed by atoms with Crippen LogP contribution in [0.25, 0.3) is 10.9 Å². The van der Waals surface area contributed by atoms with Crippen molar-refractivity contribution < 1.29 is 71.0 Å². The number of fused-ring (bicyclic) bond motifs is 2. The fourth-order valence-electron chi connectivity index (χ4n) is 12.0. The molecule has 454 valence electrons. The summed E-state index contributed by atoms with van der Waals surface area (Å²) in [6.45, 7) is 0.516. The maximum absolute atomic E-state index is 15.1. The lowest BCUT2D eigenvalue weighted by Gasteiger charge is -2.30. The Kier molecular flexibility index (Phi) is 18.3. The van der Waals surface area contributed by atoms with Gasteiger partial charge in [0.1, 0.15) is 35.6 Å². The lowest BCUT2D eigenvalue weighted by Crippen LogP contribution is -2.57. The highest BCUT2D eigenvalue weighted by Gasteiger charge is 2.51. The molecular weight excluding hydrogens is 1150 g/mol. The number of hydrogen-bond acceptors (Lipinski definition) is 11. The summed E-state index contributed by atoms with van der Waals surface area (Å²) in [6.07, 6.45) is 3.94. The third-order valence-electron chi connectivity index (χ3n) is 16.5. The Hall–Kier alpha value is -8.92. The average Bonchev–Trinajstić information content (AvgIpc) is 1.77. The van der Waals surface area contributed by atoms with Crippen molar-refractivity contribution in [1.82, 2.24) is 30.7 Å². The lowest BCUT2D eigenvalue weighted by molar-refractivity contribution is -0.137. The lowest BCUT2D eigenvalue weighted by atomic mass is 9.98. The number of ether oxygens (including phenoxy) is 1. The zero-order valence-electron chi connectivity index (χ0n) is 47.3. The van der Waals surface area contributed by atoms with Gasteiger partial charge in [-0.25, -0.2) is 0 Å². The van der Waals surface area contributed by atoms with Gasteiger partial charge in [-0.1, -0.05) is 117 Å². The smallest absolute Gasteiger partial charge is 0.399 e. The van der Waals surface area contributed by atoms with Crippen LogP contribution in [0.3, 0.4) is 0 Å². The average molecular weight is 1210 g/mol. The monoisotopic (exact) mass is 1210 g/mol. The number of nitrogens with two attached hydrogens (primary N) is 1. The van der Waals surface area contributed by atoms with Gasteiger partial charge in [-0.05, 0) is 91.1 Å². The fourth-order valence-corrected chi connectivity index (χ4v) is 12.5. The van der Waals surface area contributed by atoms with Gasteiger partial charge < -0.3 is 41.1 Å². The van der Waals surface area contributed by atoms with Crippen LogP contribution in [-0.4, -0.2) is 103 Å². The van der Waals surface area contributed by atoms with E-state index in [1.807, 2.05) is 60.7 Å². The molecule has 0 bridgehead atoms. The molecule has 4 aliphatic heterocycles. The summed E-state index contributed by atoms with van der Waals surface area (Å²) >= 11 is 0. The summed E-state index contributed by atoms with van der Waals surface area (Å²) in [6, 6.07) is 27.3. The van der Waals surface area contributed by atoms with Gasteiger partial charge in [0, 0.05) is 47.8 Å². The maximum Gasteiger partial charge on any atom is 0.399 e. The zero-order chi connectivity index (χ0) is 61.7. The number of nitrogens with zero attached hydrogens (tertiary/aromatic N) is 3. The van der Waals surface area contributed by atoms with Crippen molar-refractivity contribution in [3.05, 3.63) is 166 Å². The summed E-state index contributed by atoms with van der Waals surface area (Å²) in [5.74, 6) is -4.97. The predicted octanol–water partition coefficient (Wildman–Crippen LogP) is 6.74. The number of aromatic nitrogens is 1. The highest BCUT2D eigenvalue weighted by atomic mass is 31.2. The maximum atomic E-state index is 15.1. The van der Waals surface area contributed by atoms with Crippen LogP contribution in [0.1, 0.15) is 142 Å². The number of para-hydroxylation sites is 1. The number of nitrogens with one attached hydrogen (secondary N) is 4. The zero-order valence-corrected chi connectivity index (χ0v) is 48.1. The van der Waals surface area contributed by atoms with E-state index < -0.39 is 90.4 Å². The number of piperidine rings is 1. The minimum Gasteiger partial charge on any atom is -0.493 e. The van der Waals surface area contributed by atoms with Gasteiger partial charge in [0.05, 0.1) is 30.4 Å². The summed E-state index contributed by atoms with van der Waals surface area (Å²) in [5.41, 5.74) is 3.91. The van der Waals surface area contributed by atoms with E-state index in [4.69, 9.17) is 10.5 Å². The van der Waals surface area contributed by atoms with Crippen LogP contribution in [0.2, 0.25) is 0 Å². The number of carbonyl (C=O) groups is 9. The van der Waals surface area contributed by atoms with Crippen LogP contribution in [0.5, 0.6) is 5.75 Å². The molecule has 1 aromatic heterocycles. The van der Waals surface area contributed by atoms with Gasteiger partial charge in [0.15, 0.2) is 0 Å². The summed E-state index contributed by atoms with van der Waals surface area (Å²) in [5, 5.41) is 10.7. The number of hydrogen-bond donors (Lipinski definition) is 7. The van der Waals surface area contributed by atoms with Crippen LogP contribution >= 0.6 is 7.60 Å². The van der Waals surface area contributed by atoms with Crippen LogP contribution in [0.15, 0.2) is 121 Å². The molecule has 0 aliphatic carbocycles. The van der Waals surface area contributed by atoms with Crippen LogP contribution in [0.4, 0.5) is 14.5 Å². The van der Waals surface area contributed by atoms with Crippen molar-refractivity contribution in [2.45, 2.75) is 132 Å². The standard InChI is InChI=1S/C63H65F2N8O13P/c64-63(65,87(83,84)85)42-25-28-47-41(33-42)35-49(72(47)54(76)23-11-3-1-2-4-12-32-86-51-22-14-21-43-44(51)36-71(61(43)81)48-29-31-53(75)69-58(48)78)59(79)68-46-26-24-39-19-13-20-40-34-50(73(56(39)40)62(46)82)60(80)67-45(27-30-52(66)74)57(77)70-55(37-15-7-5-8-16-37)38-17-9-6-10-18-38/h5-10,13-22,25,28,33,35,45-46,48,50,55H,1-4,11-12,23-24,26-27,29-32,34,36H2,(H2,66,74)(H,67,80)(H,68,79)(H,70,77)(H,69,75,78)(H2,83,84,85)/t45-,46-,48?,50-/m0/s1. The molecule has 8 amide bonds. The van der Waals surface area contributed by atoms with E-state index in [-0.39, 0.29) is 86.3 Å². The minimum absolute atomic E-state index is 0.0122. The molecule has 0 radical (unpaired) electrons. The normalized spacial score (nSPS) is 17.8. The molecule has 4 atom stereocenters. The molecule has 24 heteroatoms. The summed E-state index contributed by atoms with van der Waals surface area (Å²) in [7, 11) is -6.03. The molecule has 6 aromatic rings. The van der Waals surface area contributed by atoms with E-state index in [0.29, 0.717) is 66.0 Å². The van der Waals surface area contributed by atoms with Crippen molar-refractivity contribution in [1.29, 1.82) is 0 Å². The van der Waals surface area contributed by atoms with Crippen LogP contribution < -0.4 is 36.6 Å². The van der Waals surface area contributed by atoms with E-state index in [2.05, 4.69) is 21.3 Å². The Balaban J connectivity index is 0.806. The third-order valence-corrected chi connectivity index (χ3v) is 17.4. The number of anilines is 1.